The average molecular weight is 339 g/mol. The molecule has 3 aromatic rings. The molecule has 120 valence electrons. The zero-order valence-electron chi connectivity index (χ0n) is 12.8. The van der Waals surface area contributed by atoms with Gasteiger partial charge >= 0.3 is 5.97 Å². The number of fused-ring (bicyclic) bond motifs is 1. The van der Waals surface area contributed by atoms with Gasteiger partial charge in [0.25, 0.3) is 0 Å². The summed E-state index contributed by atoms with van der Waals surface area (Å²) in [6.45, 7) is 0. The highest BCUT2D eigenvalue weighted by atomic mass is 35.5. The Balaban J connectivity index is 1.73. The smallest absolute Gasteiger partial charge is 0.366 e. The zero-order valence-corrected chi connectivity index (χ0v) is 13.5. The molecule has 0 saturated heterocycles. The van der Waals surface area contributed by atoms with E-state index < -0.39 is 5.97 Å². The summed E-state index contributed by atoms with van der Waals surface area (Å²) in [5, 5.41) is 6.17. The third-order valence-electron chi connectivity index (χ3n) is 3.55. The summed E-state index contributed by atoms with van der Waals surface area (Å²) < 4.78 is 0. The van der Waals surface area contributed by atoms with Crippen LogP contribution in [0.25, 0.3) is 10.8 Å². The molecule has 0 aliphatic carbocycles. The summed E-state index contributed by atoms with van der Waals surface area (Å²) in [6.07, 6.45) is 0.375. The standard InChI is InChI=1S/C19H15ClN2O2/c20-15-10-8-13(9-11-15)12-18(21)22-24-19(23)17-7-3-5-14-4-1-2-6-16(14)17/h1-11H,12H2,(H2,21,22). The van der Waals surface area contributed by atoms with Crippen molar-refractivity contribution in [3.8, 4) is 0 Å². The summed E-state index contributed by atoms with van der Waals surface area (Å²) in [5.74, 6) is -0.322. The minimum Gasteiger partial charge on any atom is -0.384 e. The predicted molar refractivity (Wildman–Crippen MR) is 96.1 cm³/mol. The summed E-state index contributed by atoms with van der Waals surface area (Å²) in [4.78, 5) is 17.2. The van der Waals surface area contributed by atoms with Gasteiger partial charge in [-0.3, -0.25) is 0 Å². The second-order valence-electron chi connectivity index (χ2n) is 5.29. The lowest BCUT2D eigenvalue weighted by Gasteiger charge is -2.05. The van der Waals surface area contributed by atoms with Crippen LogP contribution in [0.4, 0.5) is 0 Å². The van der Waals surface area contributed by atoms with Crippen LogP contribution in [-0.4, -0.2) is 11.8 Å². The van der Waals surface area contributed by atoms with Crippen LogP contribution in [0, 0.1) is 0 Å². The van der Waals surface area contributed by atoms with Gasteiger partial charge in [-0.2, -0.15) is 0 Å². The minimum absolute atomic E-state index is 0.214. The highest BCUT2D eigenvalue weighted by Gasteiger charge is 2.11. The molecular formula is C19H15ClN2O2. The van der Waals surface area contributed by atoms with Gasteiger partial charge in [0.15, 0.2) is 0 Å². The number of nitrogens with zero attached hydrogens (tertiary/aromatic N) is 1. The Morgan fingerprint density at radius 2 is 1.71 bits per heavy atom. The van der Waals surface area contributed by atoms with Gasteiger partial charge in [0.05, 0.1) is 5.56 Å². The Morgan fingerprint density at radius 3 is 2.50 bits per heavy atom. The summed E-state index contributed by atoms with van der Waals surface area (Å²) >= 11 is 5.84. The molecular weight excluding hydrogens is 324 g/mol. The number of halogens is 1. The van der Waals surface area contributed by atoms with Gasteiger partial charge in [-0.25, -0.2) is 4.79 Å². The third kappa shape index (κ3) is 3.73. The van der Waals surface area contributed by atoms with Crippen LogP contribution in [0.3, 0.4) is 0 Å². The number of hydrogen-bond acceptors (Lipinski definition) is 3. The van der Waals surface area contributed by atoms with Gasteiger partial charge in [-0.15, -0.1) is 0 Å². The number of benzene rings is 3. The number of oxime groups is 1. The first-order valence-corrected chi connectivity index (χ1v) is 7.77. The Hall–Kier alpha value is -2.85. The lowest BCUT2D eigenvalue weighted by molar-refractivity contribution is 0.0517. The van der Waals surface area contributed by atoms with E-state index in [2.05, 4.69) is 5.16 Å². The fourth-order valence-corrected chi connectivity index (χ4v) is 2.52. The van der Waals surface area contributed by atoms with Gasteiger partial charge in [0.1, 0.15) is 5.84 Å². The summed E-state index contributed by atoms with van der Waals surface area (Å²) in [5.41, 5.74) is 7.21. The average Bonchev–Trinajstić information content (AvgIpc) is 2.61. The number of hydrogen-bond donors (Lipinski definition) is 1. The maximum atomic E-state index is 12.3. The van der Waals surface area contributed by atoms with Crippen molar-refractivity contribution in [1.29, 1.82) is 0 Å². The van der Waals surface area contributed by atoms with Crippen molar-refractivity contribution in [2.24, 2.45) is 10.9 Å². The Bertz CT molecular complexity index is 899. The normalized spacial score (nSPS) is 11.5. The molecule has 0 spiro atoms. The van der Waals surface area contributed by atoms with Crippen molar-refractivity contribution >= 4 is 34.2 Å². The number of nitrogens with two attached hydrogens (primary N) is 1. The number of carbonyl (C=O) groups excluding carboxylic acids is 1. The molecule has 4 nitrogen and oxygen atoms in total. The first-order valence-electron chi connectivity index (χ1n) is 7.39. The molecule has 0 fully saturated rings. The maximum Gasteiger partial charge on any atom is 0.366 e. The quantitative estimate of drug-likeness (QED) is 0.336. The fourth-order valence-electron chi connectivity index (χ4n) is 2.40. The second-order valence-corrected chi connectivity index (χ2v) is 5.73. The van der Waals surface area contributed by atoms with Gasteiger partial charge in [-0.05, 0) is 34.5 Å². The largest absolute Gasteiger partial charge is 0.384 e. The Morgan fingerprint density at radius 1 is 1.00 bits per heavy atom. The first kappa shape index (κ1) is 16.0. The van der Waals surface area contributed by atoms with E-state index in [1.807, 2.05) is 42.5 Å². The molecule has 0 bridgehead atoms. The Kier molecular flexibility index (Phi) is 4.77. The SMILES string of the molecule is N/C(Cc1ccc(Cl)cc1)=N\OC(=O)c1cccc2ccccc12. The summed E-state index contributed by atoms with van der Waals surface area (Å²) in [7, 11) is 0. The monoisotopic (exact) mass is 338 g/mol. The number of carbonyl (C=O) groups is 1. The van der Waals surface area contributed by atoms with Crippen LogP contribution in [-0.2, 0) is 11.3 Å². The molecule has 0 saturated carbocycles. The predicted octanol–water partition coefficient (Wildman–Crippen LogP) is 4.16. The van der Waals surface area contributed by atoms with Crippen molar-refractivity contribution in [2.75, 3.05) is 0 Å². The van der Waals surface area contributed by atoms with Gasteiger partial charge < -0.3 is 10.6 Å². The van der Waals surface area contributed by atoms with E-state index in [1.165, 1.54) is 0 Å². The molecule has 5 heteroatoms. The van der Waals surface area contributed by atoms with E-state index in [-0.39, 0.29) is 5.84 Å². The van der Waals surface area contributed by atoms with Crippen molar-refractivity contribution in [3.63, 3.8) is 0 Å². The summed E-state index contributed by atoms with van der Waals surface area (Å²) in [6, 6.07) is 20.3. The van der Waals surface area contributed by atoms with E-state index in [0.29, 0.717) is 17.0 Å². The van der Waals surface area contributed by atoms with Gasteiger partial charge in [0.2, 0.25) is 0 Å². The highest BCUT2D eigenvalue weighted by molar-refractivity contribution is 6.30. The van der Waals surface area contributed by atoms with Crippen LogP contribution in [0.2, 0.25) is 5.02 Å². The molecule has 0 amide bonds. The van der Waals surface area contributed by atoms with Crippen LogP contribution in [0.5, 0.6) is 0 Å². The lowest BCUT2D eigenvalue weighted by Crippen LogP contribution is -2.16. The Labute approximate surface area is 144 Å². The molecule has 0 heterocycles. The molecule has 0 atom stereocenters. The molecule has 0 aromatic heterocycles. The molecule has 3 aromatic carbocycles. The van der Waals surface area contributed by atoms with Crippen LogP contribution < -0.4 is 5.73 Å². The number of rotatable bonds is 4. The topological polar surface area (TPSA) is 64.7 Å². The van der Waals surface area contributed by atoms with Crippen LogP contribution in [0.15, 0.2) is 71.9 Å². The zero-order chi connectivity index (χ0) is 16.9. The van der Waals surface area contributed by atoms with Crippen molar-refractivity contribution < 1.29 is 9.63 Å². The van der Waals surface area contributed by atoms with E-state index >= 15 is 0 Å². The number of amidine groups is 1. The van der Waals surface area contributed by atoms with Crippen molar-refractivity contribution in [1.82, 2.24) is 0 Å². The molecule has 2 N–H and O–H groups in total. The molecule has 0 aliphatic heterocycles. The second kappa shape index (κ2) is 7.15. The van der Waals surface area contributed by atoms with E-state index in [4.69, 9.17) is 22.2 Å². The minimum atomic E-state index is -0.536. The molecule has 0 unspecified atom stereocenters. The van der Waals surface area contributed by atoms with Crippen molar-refractivity contribution in [3.05, 3.63) is 82.9 Å². The van der Waals surface area contributed by atoms with Gasteiger partial charge in [-0.1, -0.05) is 65.3 Å². The van der Waals surface area contributed by atoms with Crippen molar-refractivity contribution in [2.45, 2.75) is 6.42 Å². The fraction of sp³-hybridized carbons (Fsp3) is 0.0526. The molecule has 0 aliphatic rings. The molecule has 3 rings (SSSR count). The lowest BCUT2D eigenvalue weighted by atomic mass is 10.1. The third-order valence-corrected chi connectivity index (χ3v) is 3.81. The van der Waals surface area contributed by atoms with Crippen LogP contribution in [0.1, 0.15) is 15.9 Å². The maximum absolute atomic E-state index is 12.3. The van der Waals surface area contributed by atoms with E-state index in [9.17, 15) is 4.79 Å². The molecule has 0 radical (unpaired) electrons. The van der Waals surface area contributed by atoms with E-state index in [1.54, 1.807) is 24.3 Å². The first-order chi connectivity index (χ1) is 11.6. The van der Waals surface area contributed by atoms with Crippen LogP contribution >= 0.6 is 11.6 Å². The highest BCUT2D eigenvalue weighted by Crippen LogP contribution is 2.19. The molecule has 24 heavy (non-hydrogen) atoms. The van der Waals surface area contributed by atoms with Gasteiger partial charge in [0, 0.05) is 11.4 Å². The van der Waals surface area contributed by atoms with E-state index in [0.717, 1.165) is 16.3 Å².